The summed E-state index contributed by atoms with van der Waals surface area (Å²) in [4.78, 5) is 4.32. The molecule has 1 aliphatic carbocycles. The minimum atomic E-state index is 0.422. The molecule has 3 nitrogen and oxygen atoms in total. The zero-order valence-corrected chi connectivity index (χ0v) is 13.6. The van der Waals surface area contributed by atoms with E-state index in [9.17, 15) is 0 Å². The van der Waals surface area contributed by atoms with Gasteiger partial charge in [-0.05, 0) is 31.6 Å². The minimum absolute atomic E-state index is 0.422. The van der Waals surface area contributed by atoms with Crippen molar-refractivity contribution >= 4 is 23.1 Å². The van der Waals surface area contributed by atoms with Gasteiger partial charge in [0.25, 0.3) is 0 Å². The first-order valence-electron chi connectivity index (χ1n) is 7.76. The van der Waals surface area contributed by atoms with Crippen molar-refractivity contribution in [1.82, 2.24) is 4.98 Å². The highest BCUT2D eigenvalue weighted by atomic mass is 32.2. The highest BCUT2D eigenvalue weighted by Gasteiger charge is 2.30. The molecule has 0 aliphatic heterocycles. The SMILES string of the molecule is CCCNc1cncc(NCC2(SC)CCCCC2)c1. The Balaban J connectivity index is 1.92. The molecule has 0 atom stereocenters. The van der Waals surface area contributed by atoms with Gasteiger partial charge in [-0.15, -0.1) is 0 Å². The van der Waals surface area contributed by atoms with E-state index in [0.29, 0.717) is 4.75 Å². The third-order valence-corrected chi connectivity index (χ3v) is 5.55. The molecule has 1 aliphatic rings. The van der Waals surface area contributed by atoms with Crippen LogP contribution in [0.4, 0.5) is 11.4 Å². The monoisotopic (exact) mass is 293 g/mol. The summed E-state index contributed by atoms with van der Waals surface area (Å²) >= 11 is 2.03. The van der Waals surface area contributed by atoms with Gasteiger partial charge in [0.15, 0.2) is 0 Å². The Morgan fingerprint density at radius 2 is 1.85 bits per heavy atom. The molecule has 112 valence electrons. The fourth-order valence-electron chi connectivity index (χ4n) is 2.81. The van der Waals surface area contributed by atoms with E-state index >= 15 is 0 Å². The molecule has 1 heterocycles. The van der Waals surface area contributed by atoms with Gasteiger partial charge in [0, 0.05) is 17.8 Å². The Kier molecular flexibility index (Phi) is 6.02. The number of pyridine rings is 1. The predicted molar refractivity (Wildman–Crippen MR) is 90.8 cm³/mol. The van der Waals surface area contributed by atoms with E-state index in [1.807, 2.05) is 24.2 Å². The van der Waals surface area contributed by atoms with Crippen LogP contribution in [0, 0.1) is 0 Å². The summed E-state index contributed by atoms with van der Waals surface area (Å²) in [5, 5.41) is 6.99. The molecule has 0 spiro atoms. The number of anilines is 2. The van der Waals surface area contributed by atoms with Crippen molar-refractivity contribution in [3.05, 3.63) is 18.5 Å². The second-order valence-corrected chi connectivity index (χ2v) is 6.96. The van der Waals surface area contributed by atoms with Crippen LogP contribution in [0.5, 0.6) is 0 Å². The van der Waals surface area contributed by atoms with Crippen molar-refractivity contribution in [3.63, 3.8) is 0 Å². The van der Waals surface area contributed by atoms with Gasteiger partial charge in [-0.1, -0.05) is 26.2 Å². The largest absolute Gasteiger partial charge is 0.384 e. The molecule has 0 bridgehead atoms. The maximum absolute atomic E-state index is 4.32. The summed E-state index contributed by atoms with van der Waals surface area (Å²) in [6.07, 6.45) is 14.0. The number of nitrogens with zero attached hydrogens (tertiary/aromatic N) is 1. The third-order valence-electron chi connectivity index (χ3n) is 4.13. The topological polar surface area (TPSA) is 37.0 Å². The molecule has 1 fully saturated rings. The van der Waals surface area contributed by atoms with Crippen LogP contribution in [0.1, 0.15) is 45.4 Å². The molecule has 1 aromatic heterocycles. The van der Waals surface area contributed by atoms with Gasteiger partial charge in [-0.2, -0.15) is 11.8 Å². The lowest BCUT2D eigenvalue weighted by molar-refractivity contribution is 0.411. The van der Waals surface area contributed by atoms with Gasteiger partial charge in [0.1, 0.15) is 0 Å². The Morgan fingerprint density at radius 3 is 2.50 bits per heavy atom. The van der Waals surface area contributed by atoms with E-state index in [4.69, 9.17) is 0 Å². The van der Waals surface area contributed by atoms with Crippen molar-refractivity contribution in [2.24, 2.45) is 0 Å². The summed E-state index contributed by atoms with van der Waals surface area (Å²) in [5.41, 5.74) is 2.24. The first kappa shape index (κ1) is 15.5. The van der Waals surface area contributed by atoms with Crippen LogP contribution < -0.4 is 10.6 Å². The maximum Gasteiger partial charge on any atom is 0.0547 e. The third kappa shape index (κ3) is 4.30. The van der Waals surface area contributed by atoms with E-state index in [0.717, 1.165) is 30.9 Å². The second kappa shape index (κ2) is 7.77. The Morgan fingerprint density at radius 1 is 1.15 bits per heavy atom. The lowest BCUT2D eigenvalue weighted by atomic mass is 9.88. The molecule has 2 rings (SSSR count). The molecule has 4 heteroatoms. The van der Waals surface area contributed by atoms with Crippen molar-refractivity contribution in [1.29, 1.82) is 0 Å². The number of thioether (sulfide) groups is 1. The standard InChI is InChI=1S/C16H27N3S/c1-3-9-18-14-10-15(12-17-11-14)19-13-16(20-2)7-5-4-6-8-16/h10-12,18-19H,3-9,13H2,1-2H3. The Bertz CT molecular complexity index is 402. The zero-order valence-electron chi connectivity index (χ0n) is 12.7. The van der Waals surface area contributed by atoms with Crippen LogP contribution in [0.2, 0.25) is 0 Å². The average molecular weight is 293 g/mol. The fraction of sp³-hybridized carbons (Fsp3) is 0.688. The summed E-state index contributed by atoms with van der Waals surface area (Å²) in [6.45, 7) is 4.22. The molecule has 0 amide bonds. The second-order valence-electron chi connectivity index (χ2n) is 5.69. The molecule has 0 aromatic carbocycles. The minimum Gasteiger partial charge on any atom is -0.384 e. The molecule has 0 saturated heterocycles. The molecule has 0 unspecified atom stereocenters. The predicted octanol–water partition coefficient (Wildman–Crippen LogP) is 4.38. The van der Waals surface area contributed by atoms with Crippen molar-refractivity contribution in [2.75, 3.05) is 30.0 Å². The zero-order chi connectivity index (χ0) is 14.3. The number of hydrogen-bond donors (Lipinski definition) is 2. The van der Waals surface area contributed by atoms with Crippen molar-refractivity contribution in [3.8, 4) is 0 Å². The van der Waals surface area contributed by atoms with Gasteiger partial charge < -0.3 is 10.6 Å². The van der Waals surface area contributed by atoms with E-state index in [1.54, 1.807) is 0 Å². The van der Waals surface area contributed by atoms with Gasteiger partial charge in [0.05, 0.1) is 23.8 Å². The van der Waals surface area contributed by atoms with Crippen LogP contribution in [-0.2, 0) is 0 Å². The van der Waals surface area contributed by atoms with Gasteiger partial charge in [-0.3, -0.25) is 4.98 Å². The van der Waals surface area contributed by atoms with E-state index in [1.165, 1.54) is 32.1 Å². The summed E-state index contributed by atoms with van der Waals surface area (Å²) in [6, 6.07) is 2.17. The molecular weight excluding hydrogens is 266 g/mol. The van der Waals surface area contributed by atoms with Crippen molar-refractivity contribution in [2.45, 2.75) is 50.2 Å². The smallest absolute Gasteiger partial charge is 0.0547 e. The van der Waals surface area contributed by atoms with Crippen LogP contribution in [-0.4, -0.2) is 29.1 Å². The summed E-state index contributed by atoms with van der Waals surface area (Å²) in [5.74, 6) is 0. The molecule has 1 aromatic rings. The molecule has 2 N–H and O–H groups in total. The number of nitrogens with one attached hydrogen (secondary N) is 2. The number of aromatic nitrogens is 1. The van der Waals surface area contributed by atoms with E-state index < -0.39 is 0 Å². The lowest BCUT2D eigenvalue weighted by Gasteiger charge is -2.36. The Labute approximate surface area is 127 Å². The van der Waals surface area contributed by atoms with Gasteiger partial charge in [0.2, 0.25) is 0 Å². The quantitative estimate of drug-likeness (QED) is 0.782. The van der Waals surface area contributed by atoms with Crippen molar-refractivity contribution < 1.29 is 0 Å². The maximum atomic E-state index is 4.32. The highest BCUT2D eigenvalue weighted by Crippen LogP contribution is 2.38. The van der Waals surface area contributed by atoms with Crippen LogP contribution in [0.3, 0.4) is 0 Å². The number of rotatable bonds is 7. The van der Waals surface area contributed by atoms with Crippen LogP contribution >= 0.6 is 11.8 Å². The summed E-state index contributed by atoms with van der Waals surface area (Å²) in [7, 11) is 0. The first-order chi connectivity index (χ1) is 9.78. The highest BCUT2D eigenvalue weighted by molar-refractivity contribution is 8.00. The lowest BCUT2D eigenvalue weighted by Crippen LogP contribution is -2.35. The van der Waals surface area contributed by atoms with Gasteiger partial charge >= 0.3 is 0 Å². The van der Waals surface area contributed by atoms with E-state index in [-0.39, 0.29) is 0 Å². The van der Waals surface area contributed by atoms with E-state index in [2.05, 4.69) is 34.9 Å². The average Bonchev–Trinajstić information content (AvgIpc) is 2.52. The molecule has 1 saturated carbocycles. The normalized spacial score (nSPS) is 17.7. The fourth-order valence-corrected chi connectivity index (χ4v) is 3.73. The van der Waals surface area contributed by atoms with Crippen LogP contribution in [0.25, 0.3) is 0 Å². The Hall–Kier alpha value is -0.900. The summed E-state index contributed by atoms with van der Waals surface area (Å²) < 4.78 is 0.422. The number of hydrogen-bond acceptors (Lipinski definition) is 4. The molecular formula is C16H27N3S. The molecule has 0 radical (unpaired) electrons. The first-order valence-corrected chi connectivity index (χ1v) is 8.98. The van der Waals surface area contributed by atoms with Crippen LogP contribution in [0.15, 0.2) is 18.5 Å². The molecule has 20 heavy (non-hydrogen) atoms. The van der Waals surface area contributed by atoms with Gasteiger partial charge in [-0.25, -0.2) is 0 Å².